The van der Waals surface area contributed by atoms with Crippen molar-refractivity contribution >= 4 is 15.8 Å². The van der Waals surface area contributed by atoms with E-state index in [0.29, 0.717) is 17.8 Å². The number of aryl methyl sites for hydroxylation is 1. The number of morpholine rings is 1. The lowest BCUT2D eigenvalue weighted by Gasteiger charge is -2.32. The van der Waals surface area contributed by atoms with Gasteiger partial charge >= 0.3 is 0 Å². The summed E-state index contributed by atoms with van der Waals surface area (Å²) >= 11 is 0. The Morgan fingerprint density at radius 3 is 2.88 bits per heavy atom. The van der Waals surface area contributed by atoms with Crippen molar-refractivity contribution < 1.29 is 22.5 Å². The molecule has 0 amide bonds. The Bertz CT molecular complexity index is 877. The second kappa shape index (κ2) is 7.03. The first-order chi connectivity index (χ1) is 11.9. The maximum absolute atomic E-state index is 13.1. The first-order valence-corrected chi connectivity index (χ1v) is 9.40. The predicted molar refractivity (Wildman–Crippen MR) is 87.6 cm³/mol. The number of Topliss-reactive ketones (excluding diaryl/α,β-unsaturated/α-hetero) is 1. The van der Waals surface area contributed by atoms with E-state index in [-0.39, 0.29) is 36.3 Å². The van der Waals surface area contributed by atoms with Gasteiger partial charge in [0.2, 0.25) is 15.9 Å². The van der Waals surface area contributed by atoms with Crippen LogP contribution < -0.4 is 0 Å². The molecule has 0 bridgehead atoms. The number of sulfonamides is 1. The minimum atomic E-state index is -3.84. The van der Waals surface area contributed by atoms with Gasteiger partial charge in [-0.1, -0.05) is 24.2 Å². The van der Waals surface area contributed by atoms with E-state index in [4.69, 9.17) is 9.26 Å². The molecule has 8 nitrogen and oxygen atoms in total. The van der Waals surface area contributed by atoms with E-state index in [1.165, 1.54) is 16.4 Å². The van der Waals surface area contributed by atoms with Gasteiger partial charge in [0.1, 0.15) is 6.04 Å². The molecule has 0 N–H and O–H groups in total. The molecule has 0 spiro atoms. The Morgan fingerprint density at radius 1 is 1.40 bits per heavy atom. The van der Waals surface area contributed by atoms with Crippen LogP contribution in [0.25, 0.3) is 0 Å². The molecule has 1 fully saturated rings. The SMILES string of the molecule is CCC(=O)c1cccc(S(=O)(=O)N2CCOC[C@@H]2c2nc(C)no2)c1. The van der Waals surface area contributed by atoms with E-state index in [1.54, 1.807) is 26.0 Å². The number of rotatable bonds is 5. The highest BCUT2D eigenvalue weighted by atomic mass is 32.2. The molecule has 1 atom stereocenters. The molecule has 1 aromatic carbocycles. The molecule has 1 saturated heterocycles. The third-order valence-corrected chi connectivity index (χ3v) is 5.90. The van der Waals surface area contributed by atoms with E-state index in [2.05, 4.69) is 10.1 Å². The van der Waals surface area contributed by atoms with Crippen LogP contribution in [0, 0.1) is 6.92 Å². The van der Waals surface area contributed by atoms with Crippen molar-refractivity contribution in [3.8, 4) is 0 Å². The summed E-state index contributed by atoms with van der Waals surface area (Å²) in [4.78, 5) is 16.1. The lowest BCUT2D eigenvalue weighted by Crippen LogP contribution is -2.43. The van der Waals surface area contributed by atoms with Crippen LogP contribution in [0.5, 0.6) is 0 Å². The number of ether oxygens (including phenoxy) is 1. The molecular weight excluding hydrogens is 346 g/mol. The summed E-state index contributed by atoms with van der Waals surface area (Å²) in [6, 6.07) is 5.39. The topological polar surface area (TPSA) is 103 Å². The highest BCUT2D eigenvalue weighted by Crippen LogP contribution is 2.29. The van der Waals surface area contributed by atoms with Gasteiger partial charge in [0.05, 0.1) is 18.1 Å². The largest absolute Gasteiger partial charge is 0.378 e. The average Bonchev–Trinajstić information content (AvgIpc) is 3.07. The van der Waals surface area contributed by atoms with Gasteiger partial charge in [-0.3, -0.25) is 4.79 Å². The molecule has 25 heavy (non-hydrogen) atoms. The molecule has 1 aromatic heterocycles. The summed E-state index contributed by atoms with van der Waals surface area (Å²) < 4.78 is 38.1. The molecule has 1 aliphatic rings. The van der Waals surface area contributed by atoms with Crippen molar-refractivity contribution in [2.45, 2.75) is 31.2 Å². The van der Waals surface area contributed by atoms with Crippen molar-refractivity contribution in [2.24, 2.45) is 0 Å². The third-order valence-electron chi connectivity index (χ3n) is 3.99. The van der Waals surface area contributed by atoms with Crippen LogP contribution in [-0.4, -0.2) is 48.4 Å². The first kappa shape index (κ1) is 17.7. The second-order valence-electron chi connectivity index (χ2n) is 5.69. The lowest BCUT2D eigenvalue weighted by atomic mass is 10.1. The van der Waals surface area contributed by atoms with E-state index >= 15 is 0 Å². The minimum Gasteiger partial charge on any atom is -0.378 e. The maximum atomic E-state index is 13.1. The van der Waals surface area contributed by atoms with Crippen LogP contribution >= 0.6 is 0 Å². The summed E-state index contributed by atoms with van der Waals surface area (Å²) in [5.74, 6) is 0.512. The summed E-state index contributed by atoms with van der Waals surface area (Å²) in [7, 11) is -3.84. The Morgan fingerprint density at radius 2 is 2.20 bits per heavy atom. The monoisotopic (exact) mass is 365 g/mol. The van der Waals surface area contributed by atoms with Crippen LogP contribution in [0.1, 0.15) is 41.5 Å². The number of ketones is 1. The number of nitrogens with zero attached hydrogens (tertiary/aromatic N) is 3. The van der Waals surface area contributed by atoms with Crippen LogP contribution in [0.2, 0.25) is 0 Å². The second-order valence-corrected chi connectivity index (χ2v) is 7.58. The fraction of sp³-hybridized carbons (Fsp3) is 0.438. The van der Waals surface area contributed by atoms with E-state index in [9.17, 15) is 13.2 Å². The number of carbonyl (C=O) groups is 1. The van der Waals surface area contributed by atoms with Gasteiger partial charge < -0.3 is 9.26 Å². The molecule has 3 rings (SSSR count). The van der Waals surface area contributed by atoms with Gasteiger partial charge in [0.25, 0.3) is 0 Å². The number of hydrogen-bond donors (Lipinski definition) is 0. The van der Waals surface area contributed by atoms with Gasteiger partial charge in [-0.15, -0.1) is 0 Å². The van der Waals surface area contributed by atoms with Gasteiger partial charge in [0, 0.05) is 18.5 Å². The van der Waals surface area contributed by atoms with Crippen LogP contribution in [0.3, 0.4) is 0 Å². The Labute approximate surface area is 145 Å². The number of aromatic nitrogens is 2. The van der Waals surface area contributed by atoms with E-state index in [1.807, 2.05) is 0 Å². The standard InChI is InChI=1S/C16H19N3O5S/c1-3-15(20)12-5-4-6-13(9-12)25(21,22)19-7-8-23-10-14(19)16-17-11(2)18-24-16/h4-6,9,14H,3,7-8,10H2,1-2H3/t14-/m1/s1. The fourth-order valence-electron chi connectivity index (χ4n) is 2.69. The fourth-order valence-corrected chi connectivity index (χ4v) is 4.29. The molecule has 134 valence electrons. The zero-order valence-electron chi connectivity index (χ0n) is 14.0. The number of benzene rings is 1. The highest BCUT2D eigenvalue weighted by Gasteiger charge is 2.38. The predicted octanol–water partition coefficient (Wildman–Crippen LogP) is 1.73. The lowest BCUT2D eigenvalue weighted by molar-refractivity contribution is 0.0203. The smallest absolute Gasteiger partial charge is 0.247 e. The van der Waals surface area contributed by atoms with Crippen LogP contribution in [0.4, 0.5) is 0 Å². The Balaban J connectivity index is 1.98. The van der Waals surface area contributed by atoms with Crippen LogP contribution in [-0.2, 0) is 14.8 Å². The van der Waals surface area contributed by atoms with Gasteiger partial charge in [-0.2, -0.15) is 9.29 Å². The van der Waals surface area contributed by atoms with Gasteiger partial charge in [-0.05, 0) is 19.1 Å². The summed E-state index contributed by atoms with van der Waals surface area (Å²) in [6.07, 6.45) is 0.310. The third kappa shape index (κ3) is 3.48. The molecule has 0 saturated carbocycles. The van der Waals surface area contributed by atoms with Crippen molar-refractivity contribution in [1.82, 2.24) is 14.4 Å². The summed E-state index contributed by atoms with van der Waals surface area (Å²) in [6.45, 7) is 3.97. The molecular formula is C16H19N3O5S. The van der Waals surface area contributed by atoms with Crippen molar-refractivity contribution in [3.05, 3.63) is 41.5 Å². The zero-order chi connectivity index (χ0) is 18.0. The Hall–Kier alpha value is -2.10. The normalized spacial score (nSPS) is 19.0. The summed E-state index contributed by atoms with van der Waals surface area (Å²) in [5.41, 5.74) is 0.377. The molecule has 0 radical (unpaired) electrons. The summed E-state index contributed by atoms with van der Waals surface area (Å²) in [5, 5.41) is 3.72. The zero-order valence-corrected chi connectivity index (χ0v) is 14.8. The van der Waals surface area contributed by atoms with Gasteiger partial charge in [0.15, 0.2) is 11.6 Å². The quantitative estimate of drug-likeness (QED) is 0.743. The van der Waals surface area contributed by atoms with Crippen LogP contribution in [0.15, 0.2) is 33.7 Å². The maximum Gasteiger partial charge on any atom is 0.247 e. The number of hydrogen-bond acceptors (Lipinski definition) is 7. The first-order valence-electron chi connectivity index (χ1n) is 7.96. The molecule has 2 heterocycles. The molecule has 0 aliphatic carbocycles. The highest BCUT2D eigenvalue weighted by molar-refractivity contribution is 7.89. The van der Waals surface area contributed by atoms with Crippen molar-refractivity contribution in [1.29, 1.82) is 0 Å². The van der Waals surface area contributed by atoms with Gasteiger partial charge in [-0.25, -0.2) is 8.42 Å². The Kier molecular flexibility index (Phi) is 4.98. The molecule has 9 heteroatoms. The average molecular weight is 365 g/mol. The molecule has 1 aliphatic heterocycles. The number of carbonyl (C=O) groups excluding carboxylic acids is 1. The minimum absolute atomic E-state index is 0.0648. The van der Waals surface area contributed by atoms with Crippen molar-refractivity contribution in [2.75, 3.05) is 19.8 Å². The van der Waals surface area contributed by atoms with E-state index in [0.717, 1.165) is 0 Å². The molecule has 2 aromatic rings. The molecule has 0 unspecified atom stereocenters. The van der Waals surface area contributed by atoms with E-state index < -0.39 is 16.1 Å². The van der Waals surface area contributed by atoms with Crippen molar-refractivity contribution in [3.63, 3.8) is 0 Å².